The van der Waals surface area contributed by atoms with Crippen LogP contribution in [0.3, 0.4) is 0 Å². The fourth-order valence-corrected chi connectivity index (χ4v) is 3.89. The lowest BCUT2D eigenvalue weighted by Crippen LogP contribution is -2.25. The average Bonchev–Trinajstić information content (AvgIpc) is 2.62. The fourth-order valence-electron chi connectivity index (χ4n) is 3.89. The molecule has 1 heteroatoms. The molecule has 2 N–H and O–H groups in total. The van der Waals surface area contributed by atoms with Crippen molar-refractivity contribution in [1.82, 2.24) is 0 Å². The topological polar surface area (TPSA) is 26.0 Å². The Morgan fingerprint density at radius 1 is 0.913 bits per heavy atom. The highest BCUT2D eigenvalue weighted by Gasteiger charge is 2.20. The van der Waals surface area contributed by atoms with Gasteiger partial charge in [0.1, 0.15) is 0 Å². The number of nitrogens with two attached hydrogens (primary N) is 1. The van der Waals surface area contributed by atoms with Gasteiger partial charge < -0.3 is 5.73 Å². The molecule has 1 aliphatic rings. The summed E-state index contributed by atoms with van der Waals surface area (Å²) in [5.74, 6) is 1.34. The summed E-state index contributed by atoms with van der Waals surface area (Å²) >= 11 is 0. The van der Waals surface area contributed by atoms with E-state index >= 15 is 0 Å². The molecule has 0 aliphatic heterocycles. The van der Waals surface area contributed by atoms with Gasteiger partial charge in [0.25, 0.3) is 0 Å². The molecule has 1 fully saturated rings. The van der Waals surface area contributed by atoms with E-state index in [2.05, 4.69) is 61.5 Å². The van der Waals surface area contributed by atoms with Crippen LogP contribution in [0.4, 0.5) is 0 Å². The zero-order chi connectivity index (χ0) is 16.1. The van der Waals surface area contributed by atoms with E-state index in [0.717, 1.165) is 12.3 Å². The third kappa shape index (κ3) is 4.23. The predicted molar refractivity (Wildman–Crippen MR) is 98.8 cm³/mol. The first kappa shape index (κ1) is 16.3. The van der Waals surface area contributed by atoms with Gasteiger partial charge in [-0.05, 0) is 67.1 Å². The lowest BCUT2D eigenvalue weighted by Gasteiger charge is -2.26. The number of hydrogen-bond acceptors (Lipinski definition) is 1. The van der Waals surface area contributed by atoms with Gasteiger partial charge in [-0.3, -0.25) is 0 Å². The lowest BCUT2D eigenvalue weighted by atomic mass is 9.81. The molecule has 0 spiro atoms. The molecule has 1 aliphatic carbocycles. The van der Waals surface area contributed by atoms with Crippen LogP contribution in [0, 0.1) is 0 Å². The molecule has 0 bridgehead atoms. The first-order chi connectivity index (χ1) is 11.3. The van der Waals surface area contributed by atoms with E-state index in [1.54, 1.807) is 0 Å². The quantitative estimate of drug-likeness (QED) is 0.785. The van der Waals surface area contributed by atoms with Gasteiger partial charge in [0.2, 0.25) is 0 Å². The lowest BCUT2D eigenvalue weighted by molar-refractivity contribution is 0.395. The second-order valence-corrected chi connectivity index (χ2v) is 7.07. The summed E-state index contributed by atoms with van der Waals surface area (Å²) in [4.78, 5) is 0. The third-order valence-electron chi connectivity index (χ3n) is 5.47. The van der Waals surface area contributed by atoms with Gasteiger partial charge >= 0.3 is 0 Å². The molecule has 1 unspecified atom stereocenters. The first-order valence-electron chi connectivity index (χ1n) is 9.15. The molecule has 1 saturated carbocycles. The maximum Gasteiger partial charge on any atom is 0.00392 e. The third-order valence-corrected chi connectivity index (χ3v) is 5.47. The van der Waals surface area contributed by atoms with Gasteiger partial charge in [-0.2, -0.15) is 0 Å². The van der Waals surface area contributed by atoms with Crippen LogP contribution < -0.4 is 5.73 Å². The van der Waals surface area contributed by atoms with Gasteiger partial charge in [-0.1, -0.05) is 61.5 Å². The minimum Gasteiger partial charge on any atom is -0.328 e. The van der Waals surface area contributed by atoms with Crippen LogP contribution in [0.15, 0.2) is 54.6 Å². The number of benzene rings is 2. The normalized spacial score (nSPS) is 22.7. The molecule has 3 rings (SSSR count). The van der Waals surface area contributed by atoms with Gasteiger partial charge in [0.15, 0.2) is 0 Å². The summed E-state index contributed by atoms with van der Waals surface area (Å²) in [5.41, 5.74) is 10.4. The van der Waals surface area contributed by atoms with Crippen molar-refractivity contribution in [3.63, 3.8) is 0 Å². The van der Waals surface area contributed by atoms with Crippen LogP contribution in [0.2, 0.25) is 0 Å². The molecule has 0 radical (unpaired) electrons. The predicted octanol–water partition coefficient (Wildman–Crippen LogP) is 5.41. The summed E-state index contributed by atoms with van der Waals surface area (Å²) in [6.07, 6.45) is 7.18. The van der Waals surface area contributed by atoms with Gasteiger partial charge in [0.05, 0.1) is 0 Å². The Kier molecular flexibility index (Phi) is 5.51. The standard InChI is InChI=1S/C22H29N/c1-2-18(19-6-4-3-5-7-19)16-17-8-10-20(11-9-17)21-12-14-22(23)15-13-21/h3-11,18,21-22H,2,12-16,23H2,1H3. The van der Waals surface area contributed by atoms with Crippen molar-refractivity contribution in [3.8, 4) is 0 Å². The monoisotopic (exact) mass is 307 g/mol. The molecule has 122 valence electrons. The van der Waals surface area contributed by atoms with Crippen molar-refractivity contribution in [2.24, 2.45) is 5.73 Å². The molecule has 23 heavy (non-hydrogen) atoms. The summed E-state index contributed by atoms with van der Waals surface area (Å²) in [7, 11) is 0. The number of rotatable bonds is 5. The zero-order valence-corrected chi connectivity index (χ0v) is 14.2. The maximum absolute atomic E-state index is 6.02. The summed E-state index contributed by atoms with van der Waals surface area (Å²) in [6.45, 7) is 2.29. The van der Waals surface area contributed by atoms with Crippen molar-refractivity contribution in [3.05, 3.63) is 71.3 Å². The van der Waals surface area contributed by atoms with Gasteiger partial charge in [0, 0.05) is 6.04 Å². The van der Waals surface area contributed by atoms with Crippen molar-refractivity contribution >= 4 is 0 Å². The zero-order valence-electron chi connectivity index (χ0n) is 14.2. The maximum atomic E-state index is 6.02. The van der Waals surface area contributed by atoms with Gasteiger partial charge in [-0.15, -0.1) is 0 Å². The highest BCUT2D eigenvalue weighted by molar-refractivity contribution is 5.28. The second-order valence-electron chi connectivity index (χ2n) is 7.07. The highest BCUT2D eigenvalue weighted by atomic mass is 14.6. The minimum absolute atomic E-state index is 0.432. The van der Waals surface area contributed by atoms with Crippen molar-refractivity contribution in [2.75, 3.05) is 0 Å². The van der Waals surface area contributed by atoms with Crippen LogP contribution in [-0.2, 0) is 6.42 Å². The Morgan fingerprint density at radius 2 is 1.57 bits per heavy atom. The van der Waals surface area contributed by atoms with Crippen LogP contribution in [0.1, 0.15) is 67.6 Å². The number of hydrogen-bond donors (Lipinski definition) is 1. The molecular weight excluding hydrogens is 278 g/mol. The molecule has 1 nitrogen and oxygen atoms in total. The molecule has 0 amide bonds. The van der Waals surface area contributed by atoms with Gasteiger partial charge in [-0.25, -0.2) is 0 Å². The summed E-state index contributed by atoms with van der Waals surface area (Å²) < 4.78 is 0. The van der Waals surface area contributed by atoms with E-state index in [4.69, 9.17) is 5.73 Å². The second kappa shape index (κ2) is 7.79. The molecular formula is C22H29N. The van der Waals surface area contributed by atoms with E-state index in [1.165, 1.54) is 48.8 Å². The summed E-state index contributed by atoms with van der Waals surface area (Å²) in [6, 6.07) is 20.7. The van der Waals surface area contributed by atoms with Crippen LogP contribution in [0.5, 0.6) is 0 Å². The first-order valence-corrected chi connectivity index (χ1v) is 9.15. The Balaban J connectivity index is 1.65. The smallest absolute Gasteiger partial charge is 0.00392 e. The Hall–Kier alpha value is -1.60. The van der Waals surface area contributed by atoms with Crippen molar-refractivity contribution in [2.45, 2.75) is 63.3 Å². The van der Waals surface area contributed by atoms with E-state index < -0.39 is 0 Å². The Labute approximate surface area is 140 Å². The summed E-state index contributed by atoms with van der Waals surface area (Å²) in [5, 5.41) is 0. The highest BCUT2D eigenvalue weighted by Crippen LogP contribution is 2.33. The average molecular weight is 307 g/mol. The molecule has 0 saturated heterocycles. The van der Waals surface area contributed by atoms with Crippen LogP contribution in [0.25, 0.3) is 0 Å². The van der Waals surface area contributed by atoms with Crippen LogP contribution >= 0.6 is 0 Å². The molecule has 2 aromatic carbocycles. The van der Waals surface area contributed by atoms with E-state index in [1.807, 2.05) is 0 Å². The molecule has 0 heterocycles. The molecule has 1 atom stereocenters. The molecule has 0 aromatic heterocycles. The Bertz CT molecular complexity index is 579. The minimum atomic E-state index is 0.432. The SMILES string of the molecule is CCC(Cc1ccc(C2CCC(N)CC2)cc1)c1ccccc1. The van der Waals surface area contributed by atoms with Crippen molar-refractivity contribution in [1.29, 1.82) is 0 Å². The van der Waals surface area contributed by atoms with Crippen molar-refractivity contribution < 1.29 is 0 Å². The van der Waals surface area contributed by atoms with Crippen LogP contribution in [-0.4, -0.2) is 6.04 Å². The Morgan fingerprint density at radius 3 is 2.17 bits per heavy atom. The largest absolute Gasteiger partial charge is 0.328 e. The van der Waals surface area contributed by atoms with E-state index in [-0.39, 0.29) is 0 Å². The van der Waals surface area contributed by atoms with E-state index in [9.17, 15) is 0 Å². The molecule has 2 aromatic rings. The fraction of sp³-hybridized carbons (Fsp3) is 0.455. The van der Waals surface area contributed by atoms with E-state index in [0.29, 0.717) is 12.0 Å².